The van der Waals surface area contributed by atoms with Crippen LogP contribution in [0.2, 0.25) is 0 Å². The summed E-state index contributed by atoms with van der Waals surface area (Å²) in [5.41, 5.74) is 0. The van der Waals surface area contributed by atoms with Gasteiger partial charge in [0.25, 0.3) is 0 Å². The molecule has 0 bridgehead atoms. The number of alkyl halides is 1. The molecule has 3 heteroatoms. The van der Waals surface area contributed by atoms with Crippen LogP contribution >= 0.6 is 34.1 Å². The highest BCUT2D eigenvalue weighted by molar-refractivity contribution is 8.68. The average Bonchev–Trinajstić information content (AvgIpc) is 1.89. The molecule has 0 radical (unpaired) electrons. The first-order valence-electron chi connectivity index (χ1n) is 3.24. The van der Waals surface area contributed by atoms with Crippen LogP contribution < -0.4 is 0 Å². The third-order valence-corrected chi connectivity index (χ3v) is 2.41. The Morgan fingerprint density at radius 3 is 2.33 bits per heavy atom. The average molecular weight is 185 g/mol. The summed E-state index contributed by atoms with van der Waals surface area (Å²) in [6.45, 7) is 0. The Morgan fingerprint density at radius 2 is 1.78 bits per heavy atom. The van der Waals surface area contributed by atoms with E-state index in [9.17, 15) is 0 Å². The zero-order chi connectivity index (χ0) is 6.95. The Labute approximate surface area is 71.5 Å². The summed E-state index contributed by atoms with van der Waals surface area (Å²) >= 11 is 9.53. The van der Waals surface area contributed by atoms with E-state index in [0.717, 1.165) is 5.88 Å². The molecule has 0 aliphatic heterocycles. The van der Waals surface area contributed by atoms with Crippen molar-refractivity contribution in [3.05, 3.63) is 0 Å². The van der Waals surface area contributed by atoms with E-state index in [2.05, 4.69) is 11.7 Å². The Morgan fingerprint density at radius 1 is 1.11 bits per heavy atom. The lowest BCUT2D eigenvalue weighted by Gasteiger charge is -1.94. The highest BCUT2D eigenvalue weighted by Crippen LogP contribution is 2.10. The van der Waals surface area contributed by atoms with E-state index in [1.165, 1.54) is 31.4 Å². The molecule has 0 aromatic rings. The quantitative estimate of drug-likeness (QED) is 0.286. The van der Waals surface area contributed by atoms with Crippen LogP contribution in [0.4, 0.5) is 0 Å². The van der Waals surface area contributed by atoms with Gasteiger partial charge in [-0.25, -0.2) is 0 Å². The standard InChI is InChI=1S/C6H13ClS2/c7-5-3-1-2-4-6-9-8/h8H,1-6H2. The van der Waals surface area contributed by atoms with E-state index in [0.29, 0.717) is 0 Å². The van der Waals surface area contributed by atoms with Crippen molar-refractivity contribution in [3.63, 3.8) is 0 Å². The van der Waals surface area contributed by atoms with Gasteiger partial charge in [-0.2, -0.15) is 0 Å². The van der Waals surface area contributed by atoms with Crippen molar-refractivity contribution in [1.82, 2.24) is 0 Å². The molecule has 0 aliphatic carbocycles. The maximum Gasteiger partial charge on any atom is 0.0223 e. The minimum atomic E-state index is 0.814. The minimum absolute atomic E-state index is 0.814. The molecule has 0 aromatic carbocycles. The highest BCUT2D eigenvalue weighted by atomic mass is 35.5. The second-order valence-electron chi connectivity index (χ2n) is 1.94. The molecule has 0 atom stereocenters. The van der Waals surface area contributed by atoms with Crippen LogP contribution in [0.25, 0.3) is 0 Å². The molecule has 0 nitrogen and oxygen atoms in total. The van der Waals surface area contributed by atoms with E-state index in [1.54, 1.807) is 10.8 Å². The highest BCUT2D eigenvalue weighted by Gasteiger charge is 1.87. The summed E-state index contributed by atoms with van der Waals surface area (Å²) < 4.78 is 0. The van der Waals surface area contributed by atoms with Crippen molar-refractivity contribution in [2.24, 2.45) is 0 Å². The fraction of sp³-hybridized carbons (Fsp3) is 1.00. The van der Waals surface area contributed by atoms with Crippen molar-refractivity contribution in [3.8, 4) is 0 Å². The molecule has 0 aliphatic rings. The van der Waals surface area contributed by atoms with E-state index >= 15 is 0 Å². The fourth-order valence-corrected chi connectivity index (χ4v) is 1.52. The predicted octanol–water partition coefficient (Wildman–Crippen LogP) is 3.36. The number of unbranched alkanes of at least 4 members (excludes halogenated alkanes) is 3. The van der Waals surface area contributed by atoms with Crippen molar-refractivity contribution >= 4 is 34.1 Å². The van der Waals surface area contributed by atoms with Crippen LogP contribution in [0, 0.1) is 0 Å². The Kier molecular flexibility index (Phi) is 9.98. The number of rotatable bonds is 6. The van der Waals surface area contributed by atoms with E-state index in [1.807, 2.05) is 0 Å². The SMILES string of the molecule is SSCCCCCCCl. The largest absolute Gasteiger partial charge is 0.127 e. The monoisotopic (exact) mass is 184 g/mol. The van der Waals surface area contributed by atoms with E-state index < -0.39 is 0 Å². The van der Waals surface area contributed by atoms with Gasteiger partial charge >= 0.3 is 0 Å². The van der Waals surface area contributed by atoms with Gasteiger partial charge in [-0.05, 0) is 12.8 Å². The van der Waals surface area contributed by atoms with Gasteiger partial charge in [0.15, 0.2) is 0 Å². The molecular formula is C6H13ClS2. The summed E-state index contributed by atoms with van der Waals surface area (Å²) in [4.78, 5) is 0. The molecule has 0 unspecified atom stereocenters. The van der Waals surface area contributed by atoms with Gasteiger partial charge in [-0.3, -0.25) is 0 Å². The summed E-state index contributed by atoms with van der Waals surface area (Å²) in [6, 6.07) is 0. The van der Waals surface area contributed by atoms with Crippen molar-refractivity contribution in [2.45, 2.75) is 25.7 Å². The molecule has 0 aromatic heterocycles. The Hall–Kier alpha value is 0.990. The van der Waals surface area contributed by atoms with Crippen LogP contribution in [0.3, 0.4) is 0 Å². The summed E-state index contributed by atoms with van der Waals surface area (Å²) in [7, 11) is 1.62. The molecular weight excluding hydrogens is 172 g/mol. The van der Waals surface area contributed by atoms with Crippen molar-refractivity contribution in [1.29, 1.82) is 0 Å². The molecule has 0 saturated carbocycles. The van der Waals surface area contributed by atoms with Gasteiger partial charge in [0, 0.05) is 11.6 Å². The Balaban J connectivity index is 2.60. The summed E-state index contributed by atoms with van der Waals surface area (Å²) in [6.07, 6.45) is 5.03. The van der Waals surface area contributed by atoms with Gasteiger partial charge in [0.05, 0.1) is 0 Å². The molecule has 56 valence electrons. The van der Waals surface area contributed by atoms with Crippen molar-refractivity contribution < 1.29 is 0 Å². The lowest BCUT2D eigenvalue weighted by Crippen LogP contribution is -1.79. The molecule has 0 N–H and O–H groups in total. The zero-order valence-electron chi connectivity index (χ0n) is 5.48. The van der Waals surface area contributed by atoms with Crippen molar-refractivity contribution in [2.75, 3.05) is 11.6 Å². The smallest absolute Gasteiger partial charge is 0.0223 e. The number of hydrogen-bond acceptors (Lipinski definition) is 2. The lowest BCUT2D eigenvalue weighted by atomic mass is 10.2. The van der Waals surface area contributed by atoms with Crippen LogP contribution in [-0.4, -0.2) is 11.6 Å². The number of hydrogen-bond donors (Lipinski definition) is 1. The van der Waals surface area contributed by atoms with Gasteiger partial charge in [0.1, 0.15) is 0 Å². The van der Waals surface area contributed by atoms with Crippen LogP contribution in [0.1, 0.15) is 25.7 Å². The fourth-order valence-electron chi connectivity index (χ4n) is 0.615. The molecule has 0 spiro atoms. The predicted molar refractivity (Wildman–Crippen MR) is 50.6 cm³/mol. The number of thiol groups is 1. The molecule has 0 saturated heterocycles. The third-order valence-electron chi connectivity index (χ3n) is 1.12. The first-order chi connectivity index (χ1) is 4.41. The second kappa shape index (κ2) is 8.99. The van der Waals surface area contributed by atoms with Gasteiger partial charge in [0.2, 0.25) is 0 Å². The second-order valence-corrected chi connectivity index (χ2v) is 3.76. The third kappa shape index (κ3) is 8.99. The summed E-state index contributed by atoms with van der Waals surface area (Å²) in [5, 5.41) is 0. The molecule has 9 heavy (non-hydrogen) atoms. The van der Waals surface area contributed by atoms with Gasteiger partial charge < -0.3 is 0 Å². The topological polar surface area (TPSA) is 0 Å². The lowest BCUT2D eigenvalue weighted by molar-refractivity contribution is 0.710. The molecule has 0 amide bonds. The van der Waals surface area contributed by atoms with E-state index in [4.69, 9.17) is 11.6 Å². The molecule has 0 fully saturated rings. The minimum Gasteiger partial charge on any atom is -0.127 e. The first-order valence-corrected chi connectivity index (χ1v) is 5.81. The normalized spacial score (nSPS) is 10.0. The van der Waals surface area contributed by atoms with Crippen LogP contribution in [0.5, 0.6) is 0 Å². The maximum atomic E-state index is 5.49. The first kappa shape index (κ1) is 9.99. The van der Waals surface area contributed by atoms with Gasteiger partial charge in [-0.15, -0.1) is 23.3 Å². The van der Waals surface area contributed by atoms with Crippen LogP contribution in [0.15, 0.2) is 0 Å². The maximum absolute atomic E-state index is 5.49. The Bertz CT molecular complexity index is 44.3. The van der Waals surface area contributed by atoms with Gasteiger partial charge in [-0.1, -0.05) is 23.6 Å². The number of halogens is 1. The molecule has 0 rings (SSSR count). The van der Waals surface area contributed by atoms with E-state index in [-0.39, 0.29) is 0 Å². The zero-order valence-corrected chi connectivity index (χ0v) is 7.94. The van der Waals surface area contributed by atoms with Crippen LogP contribution in [-0.2, 0) is 0 Å². The molecule has 0 heterocycles. The summed E-state index contributed by atoms with van der Waals surface area (Å²) in [5.74, 6) is 1.99.